The lowest BCUT2D eigenvalue weighted by Gasteiger charge is -2.25. The van der Waals surface area contributed by atoms with Crippen LogP contribution in [-0.2, 0) is 4.79 Å². The van der Waals surface area contributed by atoms with Gasteiger partial charge in [0.2, 0.25) is 0 Å². The van der Waals surface area contributed by atoms with Crippen LogP contribution in [0.5, 0.6) is 5.75 Å². The molecule has 0 aliphatic carbocycles. The largest absolute Gasteiger partial charge is 0.480 e. The van der Waals surface area contributed by atoms with E-state index in [-0.39, 0.29) is 17.5 Å². The second-order valence-corrected chi connectivity index (χ2v) is 7.95. The average Bonchev–Trinajstić information content (AvgIpc) is 2.70. The highest BCUT2D eigenvalue weighted by Crippen LogP contribution is 2.23. The van der Waals surface area contributed by atoms with Crippen molar-refractivity contribution in [2.75, 3.05) is 6.54 Å². The topological polar surface area (TPSA) is 108 Å². The van der Waals surface area contributed by atoms with Gasteiger partial charge in [-0.25, -0.2) is 0 Å². The summed E-state index contributed by atoms with van der Waals surface area (Å²) in [6.07, 6.45) is 2.86. The number of unbranched alkanes of at least 4 members (excludes halogenated alkanes) is 2. The number of nitrogens with two attached hydrogens (primary N) is 2. The summed E-state index contributed by atoms with van der Waals surface area (Å²) in [7, 11) is 0. The molecule has 0 amide bonds. The molecule has 0 unspecified atom stereocenters. The van der Waals surface area contributed by atoms with Gasteiger partial charge in [0.1, 0.15) is 5.75 Å². The number of carbonyl (C=O) groups is 2. The van der Waals surface area contributed by atoms with Gasteiger partial charge in [-0.15, -0.1) is 0 Å². The standard InChI is InChI=1S/C23H28ClN3O3/c1-23(2,20(28)6-4-3-5-15-27-22(25)26)30-19-13-9-17(10-14-19)21(29)16-7-11-18(24)12-8-16/h7-14H,3-6,15H2,1-2H3,(H4,25,26,27). The highest BCUT2D eigenvalue weighted by molar-refractivity contribution is 6.30. The van der Waals surface area contributed by atoms with Gasteiger partial charge in [0, 0.05) is 29.1 Å². The number of hydrogen-bond acceptors (Lipinski definition) is 4. The Bertz CT molecular complexity index is 887. The predicted molar refractivity (Wildman–Crippen MR) is 120 cm³/mol. The molecule has 0 aliphatic rings. The number of nitrogens with zero attached hydrogens (tertiary/aromatic N) is 1. The smallest absolute Gasteiger partial charge is 0.193 e. The van der Waals surface area contributed by atoms with Crippen molar-refractivity contribution in [1.82, 2.24) is 0 Å². The second kappa shape index (κ2) is 10.8. The van der Waals surface area contributed by atoms with E-state index in [1.165, 1.54) is 0 Å². The molecule has 7 heteroatoms. The van der Waals surface area contributed by atoms with E-state index in [4.69, 9.17) is 27.8 Å². The van der Waals surface area contributed by atoms with Crippen molar-refractivity contribution in [1.29, 1.82) is 0 Å². The third-order valence-electron chi connectivity index (χ3n) is 4.62. The third-order valence-corrected chi connectivity index (χ3v) is 4.88. The molecule has 0 atom stereocenters. The Morgan fingerprint density at radius 2 is 1.50 bits per heavy atom. The normalized spacial score (nSPS) is 11.0. The van der Waals surface area contributed by atoms with Crippen molar-refractivity contribution >= 4 is 29.1 Å². The fraction of sp³-hybridized carbons (Fsp3) is 0.348. The van der Waals surface area contributed by atoms with E-state index in [0.29, 0.717) is 34.9 Å². The molecule has 160 valence electrons. The molecule has 4 N–H and O–H groups in total. The number of aliphatic imine (C=N–C) groups is 1. The molecule has 0 heterocycles. The lowest BCUT2D eigenvalue weighted by Crippen LogP contribution is -2.38. The van der Waals surface area contributed by atoms with Crippen LogP contribution >= 0.6 is 11.6 Å². The molecule has 30 heavy (non-hydrogen) atoms. The van der Waals surface area contributed by atoms with E-state index in [1.54, 1.807) is 62.4 Å². The Morgan fingerprint density at radius 3 is 2.07 bits per heavy atom. The Labute approximate surface area is 182 Å². The fourth-order valence-corrected chi connectivity index (χ4v) is 3.00. The van der Waals surface area contributed by atoms with Crippen LogP contribution in [0, 0.1) is 0 Å². The number of carbonyl (C=O) groups excluding carboxylic acids is 2. The Hall–Kier alpha value is -2.86. The van der Waals surface area contributed by atoms with E-state index in [2.05, 4.69) is 4.99 Å². The molecular formula is C23H28ClN3O3. The maximum absolute atomic E-state index is 12.5. The van der Waals surface area contributed by atoms with Gasteiger partial charge in [0.25, 0.3) is 0 Å². The highest BCUT2D eigenvalue weighted by atomic mass is 35.5. The van der Waals surface area contributed by atoms with Gasteiger partial charge < -0.3 is 16.2 Å². The van der Waals surface area contributed by atoms with Crippen molar-refractivity contribution < 1.29 is 14.3 Å². The molecule has 0 bridgehead atoms. The van der Waals surface area contributed by atoms with Crippen molar-refractivity contribution in [3.63, 3.8) is 0 Å². The molecule has 0 aliphatic heterocycles. The molecule has 6 nitrogen and oxygen atoms in total. The van der Waals surface area contributed by atoms with Gasteiger partial charge in [-0.05, 0) is 75.2 Å². The van der Waals surface area contributed by atoms with Crippen LogP contribution in [0.1, 0.15) is 55.5 Å². The second-order valence-electron chi connectivity index (χ2n) is 7.51. The molecule has 0 saturated heterocycles. The maximum atomic E-state index is 12.5. The van der Waals surface area contributed by atoms with Crippen LogP contribution in [-0.4, -0.2) is 29.7 Å². The summed E-state index contributed by atoms with van der Waals surface area (Å²) in [5.74, 6) is 0.537. The molecule has 0 aromatic heterocycles. The third kappa shape index (κ3) is 7.19. The summed E-state index contributed by atoms with van der Waals surface area (Å²) in [5.41, 5.74) is 10.7. The molecule has 0 spiro atoms. The molecule has 0 saturated carbocycles. The maximum Gasteiger partial charge on any atom is 0.193 e. The number of rotatable bonds is 11. The van der Waals surface area contributed by atoms with Gasteiger partial charge in [-0.3, -0.25) is 14.6 Å². The van der Waals surface area contributed by atoms with Crippen LogP contribution in [0.25, 0.3) is 0 Å². The van der Waals surface area contributed by atoms with Crippen molar-refractivity contribution in [3.8, 4) is 5.75 Å². The number of guanidine groups is 1. The summed E-state index contributed by atoms with van der Waals surface area (Å²) in [6.45, 7) is 4.07. The molecule has 0 radical (unpaired) electrons. The van der Waals surface area contributed by atoms with Crippen molar-refractivity contribution in [2.45, 2.75) is 45.1 Å². The monoisotopic (exact) mass is 429 g/mol. The van der Waals surface area contributed by atoms with Gasteiger partial charge in [0.15, 0.2) is 23.1 Å². The Balaban J connectivity index is 1.88. The Morgan fingerprint density at radius 1 is 0.933 bits per heavy atom. The number of hydrogen-bond donors (Lipinski definition) is 2. The zero-order chi connectivity index (χ0) is 22.1. The van der Waals surface area contributed by atoms with Crippen LogP contribution in [0.2, 0.25) is 5.02 Å². The lowest BCUT2D eigenvalue weighted by atomic mass is 9.97. The lowest BCUT2D eigenvalue weighted by molar-refractivity contribution is -0.132. The van der Waals surface area contributed by atoms with Crippen molar-refractivity contribution in [3.05, 3.63) is 64.7 Å². The van der Waals surface area contributed by atoms with Crippen LogP contribution in [0.15, 0.2) is 53.5 Å². The number of ether oxygens (including phenoxy) is 1. The number of halogens is 1. The molecule has 2 aromatic carbocycles. The molecule has 2 aromatic rings. The van der Waals surface area contributed by atoms with Gasteiger partial charge in [-0.2, -0.15) is 0 Å². The molecule has 0 fully saturated rings. The number of benzene rings is 2. The Kier molecular flexibility index (Phi) is 8.42. The van der Waals surface area contributed by atoms with Crippen LogP contribution < -0.4 is 16.2 Å². The first-order chi connectivity index (χ1) is 14.2. The van der Waals surface area contributed by atoms with Gasteiger partial charge in [0.05, 0.1) is 0 Å². The number of Topliss-reactive ketones (excluding diaryl/α,β-unsaturated/α-hetero) is 1. The minimum atomic E-state index is -0.957. The minimum absolute atomic E-state index is 0.0191. The average molecular weight is 430 g/mol. The van der Waals surface area contributed by atoms with Crippen LogP contribution in [0.3, 0.4) is 0 Å². The van der Waals surface area contributed by atoms with E-state index in [9.17, 15) is 9.59 Å². The van der Waals surface area contributed by atoms with Gasteiger partial charge >= 0.3 is 0 Å². The quantitative estimate of drug-likeness (QED) is 0.241. The summed E-state index contributed by atoms with van der Waals surface area (Å²) in [6, 6.07) is 13.5. The minimum Gasteiger partial charge on any atom is -0.480 e. The summed E-state index contributed by atoms with van der Waals surface area (Å²) >= 11 is 5.87. The first kappa shape index (κ1) is 23.4. The first-order valence-corrected chi connectivity index (χ1v) is 10.2. The first-order valence-electron chi connectivity index (χ1n) is 9.87. The highest BCUT2D eigenvalue weighted by Gasteiger charge is 2.29. The summed E-state index contributed by atoms with van der Waals surface area (Å²) < 4.78 is 5.90. The molecule has 2 rings (SSSR count). The SMILES string of the molecule is CC(C)(Oc1ccc(C(=O)c2ccc(Cl)cc2)cc1)C(=O)CCCCCN=C(N)N. The van der Waals surface area contributed by atoms with Crippen molar-refractivity contribution in [2.24, 2.45) is 16.5 Å². The summed E-state index contributed by atoms with van der Waals surface area (Å²) in [5, 5.41) is 0.580. The molecular weight excluding hydrogens is 402 g/mol. The summed E-state index contributed by atoms with van der Waals surface area (Å²) in [4.78, 5) is 29.0. The fourth-order valence-electron chi connectivity index (χ4n) is 2.88. The van der Waals surface area contributed by atoms with Crippen LogP contribution in [0.4, 0.5) is 0 Å². The predicted octanol–water partition coefficient (Wildman–Crippen LogP) is 4.13. The number of ketones is 2. The van der Waals surface area contributed by atoms with E-state index in [1.807, 2.05) is 0 Å². The zero-order valence-electron chi connectivity index (χ0n) is 17.4. The van der Waals surface area contributed by atoms with E-state index < -0.39 is 5.60 Å². The van der Waals surface area contributed by atoms with E-state index in [0.717, 1.165) is 19.3 Å². The van der Waals surface area contributed by atoms with E-state index >= 15 is 0 Å². The zero-order valence-corrected chi connectivity index (χ0v) is 18.1. The van der Waals surface area contributed by atoms with Gasteiger partial charge in [-0.1, -0.05) is 18.0 Å².